The van der Waals surface area contributed by atoms with Crippen molar-refractivity contribution >= 4 is 5.69 Å². The molecule has 0 N–H and O–H groups in total. The van der Waals surface area contributed by atoms with Crippen LogP contribution in [0.2, 0.25) is 0 Å². The van der Waals surface area contributed by atoms with E-state index in [0.717, 1.165) is 49.1 Å². The van der Waals surface area contributed by atoms with Crippen LogP contribution >= 0.6 is 0 Å². The first-order valence-electron chi connectivity index (χ1n) is 11.3. The maximum atomic E-state index is 11.0. The number of non-ortho nitro benzene ring substituents is 1. The van der Waals surface area contributed by atoms with Gasteiger partial charge in [-0.25, -0.2) is 0 Å². The minimum atomic E-state index is -0.603. The summed E-state index contributed by atoms with van der Waals surface area (Å²) in [4.78, 5) is 13.0. The molecule has 0 aromatic heterocycles. The van der Waals surface area contributed by atoms with E-state index in [1.165, 1.54) is 17.7 Å². The van der Waals surface area contributed by atoms with Gasteiger partial charge < -0.3 is 19.1 Å². The van der Waals surface area contributed by atoms with Gasteiger partial charge in [-0.3, -0.25) is 10.1 Å². The Hall–Kier alpha value is -2.48. The smallest absolute Gasteiger partial charge is 0.269 e. The topological polar surface area (TPSA) is 74.1 Å². The number of nitro groups is 1. The number of hydrogen-bond acceptors (Lipinski definition) is 6. The Morgan fingerprint density at radius 1 is 1.16 bits per heavy atom. The van der Waals surface area contributed by atoms with Crippen LogP contribution in [0.5, 0.6) is 5.75 Å². The summed E-state index contributed by atoms with van der Waals surface area (Å²) in [6.45, 7) is 3.59. The molecule has 0 amide bonds. The zero-order valence-corrected chi connectivity index (χ0v) is 18.9. The number of rotatable bonds is 4. The number of nitro benzene ring substituents is 1. The summed E-state index contributed by atoms with van der Waals surface area (Å²) in [6, 6.07) is 13.6. The minimum absolute atomic E-state index is 0.0686. The van der Waals surface area contributed by atoms with Gasteiger partial charge in [-0.1, -0.05) is 12.1 Å². The number of ether oxygens (including phenoxy) is 3. The molecular weight excluding hydrogens is 408 g/mol. The Balaban J connectivity index is 1.38. The Bertz CT molecular complexity index is 1030. The van der Waals surface area contributed by atoms with Crippen LogP contribution in [-0.2, 0) is 14.9 Å². The van der Waals surface area contributed by atoms with Crippen molar-refractivity contribution in [1.29, 1.82) is 0 Å². The molecule has 2 aromatic rings. The Morgan fingerprint density at radius 2 is 1.94 bits per heavy atom. The van der Waals surface area contributed by atoms with Crippen molar-refractivity contribution in [3.63, 3.8) is 0 Å². The summed E-state index contributed by atoms with van der Waals surface area (Å²) in [7, 11) is 3.93. The van der Waals surface area contributed by atoms with E-state index >= 15 is 0 Å². The monoisotopic (exact) mass is 438 g/mol. The Kier molecular flexibility index (Phi) is 5.23. The molecule has 1 spiro atoms. The van der Waals surface area contributed by atoms with Crippen LogP contribution in [0.4, 0.5) is 5.69 Å². The third-order valence-corrected chi connectivity index (χ3v) is 7.85. The number of hydrogen-bond donors (Lipinski definition) is 0. The molecular formula is C25H30N2O5. The fraction of sp³-hybridized carbons (Fsp3) is 0.520. The lowest BCUT2D eigenvalue weighted by atomic mass is 9.64. The predicted octanol–water partition coefficient (Wildman–Crippen LogP) is 4.52. The van der Waals surface area contributed by atoms with Crippen LogP contribution in [0.1, 0.15) is 48.5 Å². The summed E-state index contributed by atoms with van der Waals surface area (Å²) in [5, 5.41) is 11.0. The van der Waals surface area contributed by atoms with Crippen molar-refractivity contribution in [3.05, 3.63) is 69.3 Å². The van der Waals surface area contributed by atoms with Gasteiger partial charge in [-0.05, 0) is 68.2 Å². The third kappa shape index (κ3) is 3.39. The second-order valence-electron chi connectivity index (χ2n) is 9.47. The number of aryl methyl sites for hydroxylation is 1. The van der Waals surface area contributed by atoms with Crippen LogP contribution in [0.3, 0.4) is 0 Å². The average Bonchev–Trinajstić information content (AvgIpc) is 3.37. The van der Waals surface area contributed by atoms with Crippen LogP contribution in [0, 0.1) is 17.0 Å². The maximum Gasteiger partial charge on any atom is 0.269 e. The largest absolute Gasteiger partial charge is 0.496 e. The molecule has 4 atom stereocenters. The fourth-order valence-corrected chi connectivity index (χ4v) is 5.95. The zero-order chi connectivity index (χ0) is 22.5. The van der Waals surface area contributed by atoms with Gasteiger partial charge in [0.05, 0.1) is 18.6 Å². The molecule has 170 valence electrons. The number of likely N-dealkylation sites (tertiary alicyclic amines) is 1. The maximum absolute atomic E-state index is 11.0. The van der Waals surface area contributed by atoms with Crippen LogP contribution in [0.25, 0.3) is 0 Å². The first-order valence-corrected chi connectivity index (χ1v) is 11.3. The first-order chi connectivity index (χ1) is 15.4. The Morgan fingerprint density at radius 3 is 2.66 bits per heavy atom. The molecule has 2 aromatic carbocycles. The number of likely N-dealkylation sites (N-methyl/N-ethyl adjacent to an activating group) is 1. The molecule has 7 heteroatoms. The Labute approximate surface area is 188 Å². The molecule has 0 radical (unpaired) electrons. The van der Waals surface area contributed by atoms with Gasteiger partial charge in [-0.2, -0.15) is 0 Å². The van der Waals surface area contributed by atoms with E-state index in [-0.39, 0.29) is 22.1 Å². The number of fused-ring (bicyclic) bond motifs is 1. The lowest BCUT2D eigenvalue weighted by molar-refractivity contribution is -0.384. The van der Waals surface area contributed by atoms with Gasteiger partial charge in [0, 0.05) is 36.4 Å². The molecule has 1 saturated carbocycles. The second-order valence-corrected chi connectivity index (χ2v) is 9.47. The lowest BCUT2D eigenvalue weighted by Gasteiger charge is -2.48. The van der Waals surface area contributed by atoms with Crippen molar-refractivity contribution in [2.45, 2.75) is 56.0 Å². The van der Waals surface area contributed by atoms with Crippen molar-refractivity contribution in [2.24, 2.45) is 0 Å². The summed E-state index contributed by atoms with van der Waals surface area (Å²) < 4.78 is 18.5. The molecule has 2 heterocycles. The highest BCUT2D eigenvalue weighted by molar-refractivity contribution is 5.42. The van der Waals surface area contributed by atoms with Gasteiger partial charge in [0.15, 0.2) is 5.79 Å². The van der Waals surface area contributed by atoms with E-state index in [2.05, 4.69) is 37.1 Å². The molecule has 5 rings (SSSR count). The van der Waals surface area contributed by atoms with Gasteiger partial charge >= 0.3 is 0 Å². The molecule has 2 unspecified atom stereocenters. The van der Waals surface area contributed by atoms with E-state index in [9.17, 15) is 10.1 Å². The minimum Gasteiger partial charge on any atom is -0.496 e. The van der Waals surface area contributed by atoms with Crippen molar-refractivity contribution in [3.8, 4) is 5.75 Å². The fourth-order valence-electron chi connectivity index (χ4n) is 5.95. The molecule has 2 aliphatic heterocycles. The second kappa shape index (κ2) is 7.83. The van der Waals surface area contributed by atoms with E-state index in [1.54, 1.807) is 19.2 Å². The summed E-state index contributed by atoms with van der Waals surface area (Å²) >= 11 is 0. The third-order valence-electron chi connectivity index (χ3n) is 7.85. The van der Waals surface area contributed by atoms with Crippen molar-refractivity contribution in [1.82, 2.24) is 4.90 Å². The van der Waals surface area contributed by atoms with Gasteiger partial charge in [0.2, 0.25) is 0 Å². The van der Waals surface area contributed by atoms with Gasteiger partial charge in [-0.15, -0.1) is 0 Å². The van der Waals surface area contributed by atoms with Crippen molar-refractivity contribution < 1.29 is 19.1 Å². The molecule has 3 fully saturated rings. The van der Waals surface area contributed by atoms with E-state index in [0.29, 0.717) is 12.6 Å². The number of benzene rings is 2. The predicted molar refractivity (Wildman–Crippen MR) is 120 cm³/mol. The van der Waals surface area contributed by atoms with Gasteiger partial charge in [0.1, 0.15) is 11.9 Å². The van der Waals surface area contributed by atoms with Crippen LogP contribution in [0.15, 0.2) is 42.5 Å². The molecule has 1 aliphatic carbocycles. The molecule has 7 nitrogen and oxygen atoms in total. The highest BCUT2D eigenvalue weighted by atomic mass is 16.7. The SMILES string of the molecule is COc1cc([C@]23CCN(C)[C@H]2CC2(CC3)OCC(c3ccc([N+](=O)[O-])cc3)O2)ccc1C. The van der Waals surface area contributed by atoms with E-state index in [4.69, 9.17) is 14.2 Å². The van der Waals surface area contributed by atoms with Crippen LogP contribution in [-0.4, -0.2) is 49.0 Å². The standard InChI is InChI=1S/C25H30N2O5/c1-17-4-7-19(14-21(17)30-3)24-10-11-25(15-23(24)26(2)13-12-24)31-16-22(32-25)18-5-8-20(9-6-18)27(28)29/h4-9,14,22-23H,10-13,15-16H2,1-3H3/t22?,23-,24-,25?/m0/s1. The number of methoxy groups -OCH3 is 1. The highest BCUT2D eigenvalue weighted by Gasteiger charge is 2.57. The number of nitrogens with zero attached hydrogens (tertiary/aromatic N) is 2. The zero-order valence-electron chi connectivity index (χ0n) is 18.9. The van der Waals surface area contributed by atoms with E-state index < -0.39 is 5.79 Å². The first kappa shape index (κ1) is 21.4. The highest BCUT2D eigenvalue weighted by Crippen LogP contribution is 2.55. The molecule has 0 bridgehead atoms. The lowest BCUT2D eigenvalue weighted by Crippen LogP contribution is -2.52. The summed E-state index contributed by atoms with van der Waals surface area (Å²) in [5.74, 6) is 0.339. The average molecular weight is 439 g/mol. The van der Waals surface area contributed by atoms with Gasteiger partial charge in [0.25, 0.3) is 5.69 Å². The molecule has 32 heavy (non-hydrogen) atoms. The molecule has 3 aliphatic rings. The summed E-state index contributed by atoms with van der Waals surface area (Å²) in [6.07, 6.45) is 3.54. The van der Waals surface area contributed by atoms with E-state index in [1.807, 2.05) is 0 Å². The van der Waals surface area contributed by atoms with Crippen LogP contribution < -0.4 is 4.74 Å². The quantitative estimate of drug-likeness (QED) is 0.516. The summed E-state index contributed by atoms with van der Waals surface area (Å²) in [5.41, 5.74) is 3.57. The normalized spacial score (nSPS) is 32.2. The van der Waals surface area contributed by atoms with Crippen molar-refractivity contribution in [2.75, 3.05) is 27.3 Å². The molecule has 2 saturated heterocycles.